The van der Waals surface area contributed by atoms with Crippen LogP contribution in [0.2, 0.25) is 0 Å². The molecule has 26 heavy (non-hydrogen) atoms. The minimum absolute atomic E-state index is 1.16. The second-order valence-electron chi connectivity index (χ2n) is 6.74. The molecule has 0 fully saturated rings. The molecule has 1 aromatic heterocycles. The van der Waals surface area contributed by atoms with E-state index in [2.05, 4.69) is 102 Å². The summed E-state index contributed by atoms with van der Waals surface area (Å²) in [5.41, 5.74) is 9.77. The first-order chi connectivity index (χ1) is 12.8. The lowest BCUT2D eigenvalue weighted by Gasteiger charge is -2.10. The maximum Gasteiger partial charge on any atom is 0.211 e. The molecule has 2 heteroatoms. The summed E-state index contributed by atoms with van der Waals surface area (Å²) in [6.45, 7) is 2.13. The van der Waals surface area contributed by atoms with Crippen LogP contribution < -0.4 is 4.99 Å². The van der Waals surface area contributed by atoms with Gasteiger partial charge in [0.05, 0.1) is 11.1 Å². The molecule has 1 aliphatic rings. The summed E-state index contributed by atoms with van der Waals surface area (Å²) < 4.78 is 0. The van der Waals surface area contributed by atoms with Gasteiger partial charge in [-0.05, 0) is 24.6 Å². The summed E-state index contributed by atoms with van der Waals surface area (Å²) in [7, 11) is 0. The van der Waals surface area contributed by atoms with E-state index in [-0.39, 0.29) is 0 Å². The van der Waals surface area contributed by atoms with Crippen molar-refractivity contribution in [2.45, 2.75) is 6.92 Å². The molecule has 124 valence electrons. The summed E-state index contributed by atoms with van der Waals surface area (Å²) in [5, 5.41) is 1.24. The van der Waals surface area contributed by atoms with Gasteiger partial charge in [-0.1, -0.05) is 60.2 Å². The predicted molar refractivity (Wildman–Crippen MR) is 109 cm³/mol. The number of fused-ring (bicyclic) bond motifs is 2. The van der Waals surface area contributed by atoms with Gasteiger partial charge in [0.15, 0.2) is 6.21 Å². The Morgan fingerprint density at radius 2 is 1.62 bits per heavy atom. The Morgan fingerprint density at radius 1 is 0.846 bits per heavy atom. The monoisotopic (exact) mass is 335 g/mol. The van der Waals surface area contributed by atoms with Gasteiger partial charge in [0.25, 0.3) is 0 Å². The molecule has 2 nitrogen and oxygen atoms in total. The summed E-state index contributed by atoms with van der Waals surface area (Å²) >= 11 is 0. The number of hydrogen-bond acceptors (Lipinski definition) is 0. The Hall–Kier alpha value is -3.39. The second kappa shape index (κ2) is 5.85. The maximum atomic E-state index is 3.43. The van der Waals surface area contributed by atoms with Crippen LogP contribution in [0.25, 0.3) is 22.0 Å². The summed E-state index contributed by atoms with van der Waals surface area (Å²) in [6, 6.07) is 25.7. The summed E-state index contributed by atoms with van der Waals surface area (Å²) in [5.74, 6) is 0. The van der Waals surface area contributed by atoms with Crippen molar-refractivity contribution in [2.24, 2.45) is 0 Å². The largest absolute Gasteiger partial charge is 0.361 e. The van der Waals surface area contributed by atoms with E-state index in [1.165, 1.54) is 38.8 Å². The molecule has 0 atom stereocenters. The van der Waals surface area contributed by atoms with Gasteiger partial charge in [0.2, 0.25) is 5.69 Å². The van der Waals surface area contributed by atoms with Gasteiger partial charge in [0, 0.05) is 34.3 Å². The zero-order valence-corrected chi connectivity index (χ0v) is 14.6. The molecular formula is C24H19N2+. The van der Waals surface area contributed by atoms with E-state index in [0.29, 0.717) is 0 Å². The van der Waals surface area contributed by atoms with Crippen LogP contribution in [0.4, 0.5) is 5.69 Å². The molecule has 1 aliphatic heterocycles. The lowest BCUT2D eigenvalue weighted by molar-refractivity contribution is -0.342. The molecule has 0 saturated heterocycles. The van der Waals surface area contributed by atoms with E-state index in [0.717, 1.165) is 11.2 Å². The highest BCUT2D eigenvalue weighted by molar-refractivity contribution is 6.24. The first-order valence-corrected chi connectivity index (χ1v) is 8.88. The molecule has 5 rings (SSSR count). The van der Waals surface area contributed by atoms with Crippen molar-refractivity contribution < 1.29 is 4.99 Å². The number of H-pyrrole nitrogens is 1. The van der Waals surface area contributed by atoms with E-state index in [9.17, 15) is 0 Å². The zero-order chi connectivity index (χ0) is 17.5. The average Bonchev–Trinajstić information content (AvgIpc) is 3.29. The number of aromatic nitrogens is 1. The SMILES string of the molecule is Cc1ccc(/C(=C2/C=[NH+]c3ccccc32)c2c[nH]c3ccccc23)cc1. The van der Waals surface area contributed by atoms with E-state index in [4.69, 9.17) is 0 Å². The number of aryl methyl sites for hydroxylation is 1. The van der Waals surface area contributed by atoms with Crippen molar-refractivity contribution in [2.75, 3.05) is 0 Å². The highest BCUT2D eigenvalue weighted by Gasteiger charge is 2.24. The molecule has 4 aromatic rings. The van der Waals surface area contributed by atoms with E-state index in [1.807, 2.05) is 0 Å². The topological polar surface area (TPSA) is 29.8 Å². The maximum absolute atomic E-state index is 3.43. The molecule has 0 saturated carbocycles. The Balaban J connectivity index is 1.85. The van der Waals surface area contributed by atoms with Gasteiger partial charge in [-0.25, -0.2) is 4.99 Å². The van der Waals surface area contributed by atoms with Gasteiger partial charge in [-0.3, -0.25) is 0 Å². The summed E-state index contributed by atoms with van der Waals surface area (Å²) in [4.78, 5) is 6.86. The first-order valence-electron chi connectivity index (χ1n) is 8.88. The summed E-state index contributed by atoms with van der Waals surface area (Å²) in [6.07, 6.45) is 4.25. The van der Waals surface area contributed by atoms with Crippen molar-refractivity contribution in [3.8, 4) is 0 Å². The van der Waals surface area contributed by atoms with Gasteiger partial charge >= 0.3 is 0 Å². The Morgan fingerprint density at radius 3 is 2.50 bits per heavy atom. The highest BCUT2D eigenvalue weighted by Crippen LogP contribution is 2.37. The van der Waals surface area contributed by atoms with Crippen LogP contribution in [0.1, 0.15) is 22.3 Å². The molecule has 0 radical (unpaired) electrons. The lowest BCUT2D eigenvalue weighted by atomic mass is 9.90. The van der Waals surface area contributed by atoms with E-state index < -0.39 is 0 Å². The van der Waals surface area contributed by atoms with E-state index in [1.54, 1.807) is 0 Å². The highest BCUT2D eigenvalue weighted by atomic mass is 14.8. The van der Waals surface area contributed by atoms with Crippen LogP contribution in [0.5, 0.6) is 0 Å². The van der Waals surface area contributed by atoms with Crippen LogP contribution in [0.3, 0.4) is 0 Å². The number of benzene rings is 3. The van der Waals surface area contributed by atoms with Crippen molar-refractivity contribution >= 4 is 34.0 Å². The van der Waals surface area contributed by atoms with Crippen LogP contribution in [-0.2, 0) is 0 Å². The number of nitrogens with one attached hydrogen (secondary N) is 2. The molecular weight excluding hydrogens is 316 g/mol. The van der Waals surface area contributed by atoms with Gasteiger partial charge < -0.3 is 4.98 Å². The zero-order valence-electron chi connectivity index (χ0n) is 14.6. The Labute approximate surface area is 152 Å². The molecule has 0 amide bonds. The Bertz CT molecular complexity index is 1170. The number of hydrogen-bond donors (Lipinski definition) is 2. The van der Waals surface area contributed by atoms with Crippen molar-refractivity contribution in [3.05, 3.63) is 101 Å². The van der Waals surface area contributed by atoms with Crippen molar-refractivity contribution in [1.82, 2.24) is 4.98 Å². The predicted octanol–water partition coefficient (Wildman–Crippen LogP) is 4.23. The molecule has 2 heterocycles. The third kappa shape index (κ3) is 2.31. The third-order valence-electron chi connectivity index (χ3n) is 5.06. The smallest absolute Gasteiger partial charge is 0.211 e. The number of para-hydroxylation sites is 2. The molecule has 0 bridgehead atoms. The quantitative estimate of drug-likeness (QED) is 0.549. The molecule has 3 aromatic carbocycles. The third-order valence-corrected chi connectivity index (χ3v) is 5.06. The molecule has 0 unspecified atom stereocenters. The lowest BCUT2D eigenvalue weighted by Crippen LogP contribution is -2.58. The fourth-order valence-corrected chi connectivity index (χ4v) is 3.73. The standard InChI is InChI=1S/C24H18N2/c1-16-10-12-17(13-11-16)24(20-14-25-22-8-4-2-6-18(20)22)21-15-26-23-9-5-3-7-19(21)23/h2-15,25H,1H3/p+1/b24-21+. The molecule has 0 aliphatic carbocycles. The van der Waals surface area contributed by atoms with Gasteiger partial charge in [-0.2, -0.15) is 0 Å². The molecule has 2 N–H and O–H groups in total. The van der Waals surface area contributed by atoms with Gasteiger partial charge in [-0.15, -0.1) is 0 Å². The van der Waals surface area contributed by atoms with Gasteiger partial charge in [0.1, 0.15) is 0 Å². The van der Waals surface area contributed by atoms with E-state index >= 15 is 0 Å². The number of aromatic amines is 1. The Kier molecular flexibility index (Phi) is 3.36. The first kappa shape index (κ1) is 14.9. The number of allylic oxidation sites excluding steroid dienone is 1. The van der Waals surface area contributed by atoms with Crippen molar-refractivity contribution in [3.63, 3.8) is 0 Å². The normalized spacial score (nSPS) is 14.7. The fourth-order valence-electron chi connectivity index (χ4n) is 3.73. The van der Waals surface area contributed by atoms with Crippen LogP contribution in [0, 0.1) is 6.92 Å². The minimum atomic E-state index is 1.16. The van der Waals surface area contributed by atoms with Crippen LogP contribution >= 0.6 is 0 Å². The minimum Gasteiger partial charge on any atom is -0.361 e. The second-order valence-corrected chi connectivity index (χ2v) is 6.74. The van der Waals surface area contributed by atoms with Crippen LogP contribution in [-0.4, -0.2) is 11.2 Å². The van der Waals surface area contributed by atoms with Crippen molar-refractivity contribution in [1.29, 1.82) is 0 Å². The molecule has 0 spiro atoms. The fraction of sp³-hybridized carbons (Fsp3) is 0.0417. The van der Waals surface area contributed by atoms with Crippen LogP contribution in [0.15, 0.2) is 79.0 Å². The average molecular weight is 335 g/mol. The number of rotatable bonds is 2.